The first-order valence-corrected chi connectivity index (χ1v) is 10.8. The van der Waals surface area contributed by atoms with Crippen molar-refractivity contribution in [2.75, 3.05) is 17.6 Å². The average Bonchev–Trinajstić information content (AvgIpc) is 3.09. The molecule has 2 aromatic carbocycles. The van der Waals surface area contributed by atoms with Crippen molar-refractivity contribution >= 4 is 40.9 Å². The van der Waals surface area contributed by atoms with E-state index in [9.17, 15) is 14.0 Å². The lowest BCUT2D eigenvalue weighted by atomic mass is 10.2. The van der Waals surface area contributed by atoms with E-state index in [2.05, 4.69) is 20.8 Å². The van der Waals surface area contributed by atoms with Gasteiger partial charge in [0.15, 0.2) is 5.16 Å². The van der Waals surface area contributed by atoms with Crippen LogP contribution in [0.15, 0.2) is 47.6 Å². The highest BCUT2D eigenvalue weighted by molar-refractivity contribution is 7.99. The van der Waals surface area contributed by atoms with Crippen LogP contribution in [0.25, 0.3) is 0 Å². The smallest absolute Gasteiger partial charge is 0.254 e. The molecule has 162 valence electrons. The van der Waals surface area contributed by atoms with Gasteiger partial charge in [-0.05, 0) is 36.8 Å². The van der Waals surface area contributed by atoms with E-state index in [0.29, 0.717) is 28.1 Å². The molecule has 7 nitrogen and oxygen atoms in total. The first-order valence-electron chi connectivity index (χ1n) is 9.45. The van der Waals surface area contributed by atoms with Crippen LogP contribution in [-0.4, -0.2) is 38.9 Å². The third-order valence-electron chi connectivity index (χ3n) is 4.48. The third kappa shape index (κ3) is 6.05. The highest BCUT2D eigenvalue weighted by Gasteiger charge is 2.14. The van der Waals surface area contributed by atoms with E-state index in [1.54, 1.807) is 29.8 Å². The van der Waals surface area contributed by atoms with Gasteiger partial charge in [-0.2, -0.15) is 0 Å². The van der Waals surface area contributed by atoms with Gasteiger partial charge in [-0.15, -0.1) is 10.2 Å². The van der Waals surface area contributed by atoms with Gasteiger partial charge in [0, 0.05) is 30.7 Å². The zero-order valence-corrected chi connectivity index (χ0v) is 18.6. The Morgan fingerprint density at radius 3 is 2.74 bits per heavy atom. The van der Waals surface area contributed by atoms with E-state index in [1.165, 1.54) is 30.0 Å². The maximum atomic E-state index is 13.7. The average molecular weight is 462 g/mol. The molecular formula is C21H21ClFN5O2S. The van der Waals surface area contributed by atoms with Gasteiger partial charge in [0.1, 0.15) is 11.6 Å². The van der Waals surface area contributed by atoms with Crippen LogP contribution >= 0.6 is 23.4 Å². The Labute approximate surface area is 188 Å². The number of hydrogen-bond donors (Lipinski definition) is 2. The SMILES string of the molecule is Cc1ccc(Cl)cc1NC(=O)CSc1nnc(CCNC(=O)c2ccccc2F)n1C. The van der Waals surface area contributed by atoms with Gasteiger partial charge < -0.3 is 15.2 Å². The highest BCUT2D eigenvalue weighted by Crippen LogP contribution is 2.21. The van der Waals surface area contributed by atoms with Gasteiger partial charge in [0.25, 0.3) is 5.91 Å². The Balaban J connectivity index is 1.49. The van der Waals surface area contributed by atoms with Crippen LogP contribution in [0.3, 0.4) is 0 Å². The second-order valence-corrected chi connectivity index (χ2v) is 8.12. The van der Waals surface area contributed by atoms with Crippen molar-refractivity contribution in [2.45, 2.75) is 18.5 Å². The quantitative estimate of drug-likeness (QED) is 0.500. The third-order valence-corrected chi connectivity index (χ3v) is 5.74. The van der Waals surface area contributed by atoms with Crippen molar-refractivity contribution in [3.63, 3.8) is 0 Å². The Morgan fingerprint density at radius 1 is 1.19 bits per heavy atom. The Bertz CT molecular complexity index is 1110. The van der Waals surface area contributed by atoms with Gasteiger partial charge in [-0.1, -0.05) is 41.6 Å². The predicted octanol–water partition coefficient (Wildman–Crippen LogP) is 3.62. The summed E-state index contributed by atoms with van der Waals surface area (Å²) in [5.74, 6) is -0.437. The number of hydrogen-bond acceptors (Lipinski definition) is 5. The predicted molar refractivity (Wildman–Crippen MR) is 119 cm³/mol. The standard InChI is InChI=1S/C21H21ClFN5O2S/c1-13-7-8-14(22)11-17(13)25-19(29)12-31-21-27-26-18(28(21)2)9-10-24-20(30)15-5-3-4-6-16(15)23/h3-8,11H,9-10,12H2,1-2H3,(H,24,30)(H,25,29). The number of benzene rings is 2. The summed E-state index contributed by atoms with van der Waals surface area (Å²) >= 11 is 7.23. The molecule has 3 rings (SSSR count). The Kier molecular flexibility index (Phi) is 7.64. The number of nitrogens with one attached hydrogen (secondary N) is 2. The number of amides is 2. The lowest BCUT2D eigenvalue weighted by molar-refractivity contribution is -0.113. The van der Waals surface area contributed by atoms with E-state index >= 15 is 0 Å². The Morgan fingerprint density at radius 2 is 1.97 bits per heavy atom. The van der Waals surface area contributed by atoms with Crippen molar-refractivity contribution in [3.05, 3.63) is 70.3 Å². The van der Waals surface area contributed by atoms with Gasteiger partial charge in [-0.3, -0.25) is 9.59 Å². The number of aromatic nitrogens is 3. The molecule has 10 heteroatoms. The normalized spacial score (nSPS) is 10.7. The second-order valence-electron chi connectivity index (χ2n) is 6.74. The molecule has 0 aliphatic carbocycles. The molecule has 31 heavy (non-hydrogen) atoms. The van der Waals surface area contributed by atoms with Crippen molar-refractivity contribution in [1.29, 1.82) is 0 Å². The first kappa shape index (κ1) is 22.8. The molecule has 0 saturated carbocycles. The fourth-order valence-corrected chi connectivity index (χ4v) is 3.66. The summed E-state index contributed by atoms with van der Waals surface area (Å²) < 4.78 is 15.4. The monoisotopic (exact) mass is 461 g/mol. The fraction of sp³-hybridized carbons (Fsp3) is 0.238. The summed E-state index contributed by atoms with van der Waals surface area (Å²) in [6.45, 7) is 2.16. The van der Waals surface area contributed by atoms with E-state index in [4.69, 9.17) is 11.6 Å². The zero-order chi connectivity index (χ0) is 22.4. The number of aryl methyl sites for hydroxylation is 1. The summed E-state index contributed by atoms with van der Waals surface area (Å²) in [5.41, 5.74) is 1.58. The van der Waals surface area contributed by atoms with E-state index in [-0.39, 0.29) is 23.8 Å². The van der Waals surface area contributed by atoms with Crippen LogP contribution in [0, 0.1) is 12.7 Å². The molecule has 1 aromatic heterocycles. The highest BCUT2D eigenvalue weighted by atomic mass is 35.5. The molecule has 2 amide bonds. The molecule has 0 saturated heterocycles. The lowest BCUT2D eigenvalue weighted by Crippen LogP contribution is -2.27. The van der Waals surface area contributed by atoms with Crippen LogP contribution in [0.1, 0.15) is 21.7 Å². The van der Waals surface area contributed by atoms with E-state index in [1.807, 2.05) is 13.0 Å². The van der Waals surface area contributed by atoms with Crippen molar-refractivity contribution in [2.24, 2.45) is 7.05 Å². The number of anilines is 1. The maximum Gasteiger partial charge on any atom is 0.254 e. The molecular weight excluding hydrogens is 441 g/mol. The summed E-state index contributed by atoms with van der Waals surface area (Å²) in [6.07, 6.45) is 0.415. The number of carbonyl (C=O) groups excluding carboxylic acids is 2. The number of carbonyl (C=O) groups is 2. The van der Waals surface area contributed by atoms with Crippen LogP contribution in [0.5, 0.6) is 0 Å². The molecule has 0 aliphatic rings. The summed E-state index contributed by atoms with van der Waals surface area (Å²) in [5, 5.41) is 14.8. The van der Waals surface area contributed by atoms with Crippen LogP contribution in [0.2, 0.25) is 5.02 Å². The van der Waals surface area contributed by atoms with Crippen molar-refractivity contribution in [1.82, 2.24) is 20.1 Å². The number of rotatable bonds is 8. The van der Waals surface area contributed by atoms with Gasteiger partial charge in [0.05, 0.1) is 11.3 Å². The minimum absolute atomic E-state index is 0.00216. The molecule has 0 spiro atoms. The summed E-state index contributed by atoms with van der Waals surface area (Å²) in [6, 6.07) is 11.1. The van der Waals surface area contributed by atoms with E-state index < -0.39 is 11.7 Å². The fourth-order valence-electron chi connectivity index (χ4n) is 2.76. The molecule has 0 unspecified atom stereocenters. The molecule has 0 aliphatic heterocycles. The summed E-state index contributed by atoms with van der Waals surface area (Å²) in [7, 11) is 1.79. The van der Waals surface area contributed by atoms with Gasteiger partial charge in [-0.25, -0.2) is 4.39 Å². The largest absolute Gasteiger partial charge is 0.351 e. The number of nitrogens with zero attached hydrogens (tertiary/aromatic N) is 3. The minimum Gasteiger partial charge on any atom is -0.351 e. The number of thioether (sulfide) groups is 1. The molecule has 0 fully saturated rings. The minimum atomic E-state index is -0.566. The molecule has 0 radical (unpaired) electrons. The van der Waals surface area contributed by atoms with Crippen LogP contribution < -0.4 is 10.6 Å². The van der Waals surface area contributed by atoms with Crippen molar-refractivity contribution in [3.8, 4) is 0 Å². The molecule has 2 N–H and O–H groups in total. The zero-order valence-electron chi connectivity index (χ0n) is 17.0. The number of halogens is 2. The topological polar surface area (TPSA) is 88.9 Å². The van der Waals surface area contributed by atoms with Gasteiger partial charge in [0.2, 0.25) is 5.91 Å². The second kappa shape index (κ2) is 10.4. The van der Waals surface area contributed by atoms with E-state index in [0.717, 1.165) is 5.56 Å². The van der Waals surface area contributed by atoms with Gasteiger partial charge >= 0.3 is 0 Å². The summed E-state index contributed by atoms with van der Waals surface area (Å²) in [4.78, 5) is 24.3. The molecule has 3 aromatic rings. The lowest BCUT2D eigenvalue weighted by Gasteiger charge is -2.09. The molecule has 0 atom stereocenters. The Hall–Kier alpha value is -2.91. The van der Waals surface area contributed by atoms with Crippen LogP contribution in [0.4, 0.5) is 10.1 Å². The maximum absolute atomic E-state index is 13.7. The first-order chi connectivity index (χ1) is 14.8. The van der Waals surface area contributed by atoms with Crippen LogP contribution in [-0.2, 0) is 18.3 Å². The molecule has 1 heterocycles. The molecule has 0 bridgehead atoms. The van der Waals surface area contributed by atoms with Crippen molar-refractivity contribution < 1.29 is 14.0 Å².